The van der Waals surface area contributed by atoms with Gasteiger partial charge >= 0.3 is 0 Å². The molecule has 0 saturated carbocycles. The fraction of sp³-hybridized carbons (Fsp3) is 0.348. The smallest absolute Gasteiger partial charge is 0.250 e. The van der Waals surface area contributed by atoms with Gasteiger partial charge in [-0.1, -0.05) is 29.3 Å². The Hall–Kier alpha value is -2.77. The van der Waals surface area contributed by atoms with Crippen LogP contribution in [0.5, 0.6) is 0 Å². The van der Waals surface area contributed by atoms with Crippen LogP contribution in [0.15, 0.2) is 36.4 Å². The number of amides is 3. The summed E-state index contributed by atoms with van der Waals surface area (Å²) < 4.78 is 13.7. The van der Waals surface area contributed by atoms with Gasteiger partial charge in [-0.15, -0.1) is 0 Å². The lowest BCUT2D eigenvalue weighted by atomic mass is 9.75. The highest BCUT2D eigenvalue weighted by atomic mass is 35.5. The van der Waals surface area contributed by atoms with Crippen molar-refractivity contribution in [3.63, 3.8) is 0 Å². The number of carbonyl (C=O) groups excluding carboxylic acids is 3. The van der Waals surface area contributed by atoms with Crippen molar-refractivity contribution in [1.82, 2.24) is 4.90 Å². The number of benzene rings is 2. The molecule has 3 fully saturated rings. The lowest BCUT2D eigenvalue weighted by molar-refractivity contribution is -0.135. The number of hydrogen-bond donors (Lipinski definition) is 1. The average molecular weight is 440 g/mol. The third-order valence-electron chi connectivity index (χ3n) is 7.31. The lowest BCUT2D eigenvalue weighted by Gasteiger charge is -2.36. The molecule has 1 N–H and O–H groups in total. The molecule has 0 radical (unpaired) electrons. The van der Waals surface area contributed by atoms with E-state index in [9.17, 15) is 18.8 Å². The molecule has 4 atom stereocenters. The molecule has 2 aromatic carbocycles. The van der Waals surface area contributed by atoms with Gasteiger partial charge in [0.2, 0.25) is 17.7 Å². The molecule has 158 valence electrons. The second kappa shape index (κ2) is 6.14. The van der Waals surface area contributed by atoms with Gasteiger partial charge in [0.15, 0.2) is 0 Å². The van der Waals surface area contributed by atoms with Crippen LogP contribution in [0.2, 0.25) is 5.02 Å². The maximum Gasteiger partial charge on any atom is 0.250 e. The van der Waals surface area contributed by atoms with Crippen molar-refractivity contribution < 1.29 is 18.8 Å². The molecular weight excluding hydrogens is 421 g/mol. The van der Waals surface area contributed by atoms with E-state index >= 15 is 0 Å². The van der Waals surface area contributed by atoms with Crippen LogP contribution in [-0.4, -0.2) is 35.2 Å². The third-order valence-corrected chi connectivity index (χ3v) is 7.60. The van der Waals surface area contributed by atoms with Crippen LogP contribution >= 0.6 is 11.6 Å². The van der Waals surface area contributed by atoms with Crippen molar-refractivity contribution in [3.05, 3.63) is 58.4 Å². The zero-order valence-corrected chi connectivity index (χ0v) is 17.4. The molecule has 8 heteroatoms. The Kier molecular flexibility index (Phi) is 3.76. The maximum atomic E-state index is 13.8. The topological polar surface area (TPSA) is 69.7 Å². The molecule has 4 aliphatic rings. The van der Waals surface area contributed by atoms with E-state index in [1.54, 1.807) is 0 Å². The summed E-state index contributed by atoms with van der Waals surface area (Å²) in [5.41, 5.74) is 1.45. The number of anilines is 2. The standard InChI is InChI=1S/C23H19ClFN3O3/c1-11-4-7-16-13(9-11)23(22(31)26-16)19-18(17-3-2-8-27(17)23)20(29)28(21(19)30)12-5-6-15(25)14(24)10-12/h4-7,9-10,17-19H,2-3,8H2,1H3,(H,26,31). The number of aryl methyl sites for hydroxylation is 1. The van der Waals surface area contributed by atoms with Gasteiger partial charge in [-0.05, 0) is 50.6 Å². The Labute approximate surface area is 183 Å². The van der Waals surface area contributed by atoms with Gasteiger partial charge in [-0.2, -0.15) is 0 Å². The summed E-state index contributed by atoms with van der Waals surface area (Å²) in [6.07, 6.45) is 1.60. The van der Waals surface area contributed by atoms with Crippen molar-refractivity contribution in [2.75, 3.05) is 16.8 Å². The fourth-order valence-electron chi connectivity index (χ4n) is 6.20. The monoisotopic (exact) mass is 439 g/mol. The van der Waals surface area contributed by atoms with Gasteiger partial charge in [0.05, 0.1) is 22.5 Å². The van der Waals surface area contributed by atoms with E-state index in [4.69, 9.17) is 11.6 Å². The van der Waals surface area contributed by atoms with E-state index in [0.717, 1.165) is 34.9 Å². The number of rotatable bonds is 1. The zero-order valence-electron chi connectivity index (χ0n) is 16.7. The minimum Gasteiger partial charge on any atom is -0.324 e. The first-order chi connectivity index (χ1) is 14.9. The van der Waals surface area contributed by atoms with Crippen LogP contribution in [-0.2, 0) is 19.9 Å². The van der Waals surface area contributed by atoms with Gasteiger partial charge < -0.3 is 5.32 Å². The summed E-state index contributed by atoms with van der Waals surface area (Å²) in [6, 6.07) is 9.34. The molecule has 6 rings (SSSR count). The van der Waals surface area contributed by atoms with Crippen LogP contribution < -0.4 is 10.2 Å². The van der Waals surface area contributed by atoms with Crippen LogP contribution in [0.25, 0.3) is 0 Å². The highest BCUT2D eigenvalue weighted by molar-refractivity contribution is 6.32. The Morgan fingerprint density at radius 1 is 1.13 bits per heavy atom. The molecule has 31 heavy (non-hydrogen) atoms. The molecule has 3 amide bonds. The average Bonchev–Trinajstić information content (AvgIpc) is 3.43. The highest BCUT2D eigenvalue weighted by Crippen LogP contribution is 2.60. The second-order valence-electron chi connectivity index (χ2n) is 8.79. The first-order valence-corrected chi connectivity index (χ1v) is 10.8. The molecule has 1 spiro atoms. The SMILES string of the molecule is Cc1ccc2c(c1)C1(C(=O)N2)C2C(=O)N(c3ccc(F)c(Cl)c3)C(=O)C2C2CCCN21. The van der Waals surface area contributed by atoms with Crippen molar-refractivity contribution in [1.29, 1.82) is 0 Å². The first-order valence-electron chi connectivity index (χ1n) is 10.4. The first kappa shape index (κ1) is 19.0. The Bertz CT molecular complexity index is 1200. The Morgan fingerprint density at radius 2 is 1.94 bits per heavy atom. The van der Waals surface area contributed by atoms with Crippen LogP contribution in [0.4, 0.5) is 15.8 Å². The molecule has 4 heterocycles. The van der Waals surface area contributed by atoms with E-state index in [-0.39, 0.29) is 28.6 Å². The molecular formula is C23H19ClFN3O3. The number of hydrogen-bond acceptors (Lipinski definition) is 4. The van der Waals surface area contributed by atoms with Crippen LogP contribution in [0.1, 0.15) is 24.0 Å². The summed E-state index contributed by atoms with van der Waals surface area (Å²) in [7, 11) is 0. The molecule has 2 aromatic rings. The highest BCUT2D eigenvalue weighted by Gasteiger charge is 2.74. The summed E-state index contributed by atoms with van der Waals surface area (Å²) in [4.78, 5) is 44.1. The minimum absolute atomic E-state index is 0.160. The third kappa shape index (κ3) is 2.18. The molecule has 0 bridgehead atoms. The number of nitrogens with zero attached hydrogens (tertiary/aromatic N) is 2. The van der Waals surface area contributed by atoms with Gasteiger partial charge in [-0.3, -0.25) is 19.3 Å². The number of nitrogens with one attached hydrogen (secondary N) is 1. The van der Waals surface area contributed by atoms with E-state index in [1.807, 2.05) is 25.1 Å². The van der Waals surface area contributed by atoms with Crippen molar-refractivity contribution in [2.24, 2.45) is 11.8 Å². The van der Waals surface area contributed by atoms with Gasteiger partial charge in [0, 0.05) is 17.3 Å². The molecule has 0 aromatic heterocycles. The number of fused-ring (bicyclic) bond motifs is 7. The molecule has 4 unspecified atom stereocenters. The molecule has 3 saturated heterocycles. The van der Waals surface area contributed by atoms with Crippen molar-refractivity contribution in [3.8, 4) is 0 Å². The number of carbonyl (C=O) groups is 3. The van der Waals surface area contributed by atoms with Gasteiger partial charge in [0.25, 0.3) is 0 Å². The maximum absolute atomic E-state index is 13.8. The van der Waals surface area contributed by atoms with E-state index in [2.05, 4.69) is 10.2 Å². The van der Waals surface area contributed by atoms with E-state index < -0.39 is 29.1 Å². The van der Waals surface area contributed by atoms with Gasteiger partial charge in [-0.25, -0.2) is 9.29 Å². The molecule has 0 aliphatic carbocycles. The van der Waals surface area contributed by atoms with Gasteiger partial charge in [0.1, 0.15) is 11.4 Å². The molecule has 4 aliphatic heterocycles. The minimum atomic E-state index is -1.21. The van der Waals surface area contributed by atoms with Crippen molar-refractivity contribution in [2.45, 2.75) is 31.3 Å². The Balaban J connectivity index is 1.56. The summed E-state index contributed by atoms with van der Waals surface area (Å²) in [6.45, 7) is 2.60. The van der Waals surface area contributed by atoms with Crippen LogP contribution in [0.3, 0.4) is 0 Å². The van der Waals surface area contributed by atoms with E-state index in [1.165, 1.54) is 12.1 Å². The normalized spacial score (nSPS) is 31.4. The van der Waals surface area contributed by atoms with E-state index in [0.29, 0.717) is 12.2 Å². The predicted molar refractivity (Wildman–Crippen MR) is 112 cm³/mol. The second-order valence-corrected chi connectivity index (χ2v) is 9.19. The zero-order chi connectivity index (χ0) is 21.7. The summed E-state index contributed by atoms with van der Waals surface area (Å²) in [5.74, 6) is -3.12. The number of imide groups is 1. The predicted octanol–water partition coefficient (Wildman–Crippen LogP) is 3.22. The number of halogens is 2. The van der Waals surface area contributed by atoms with Crippen LogP contribution in [0, 0.1) is 24.6 Å². The summed E-state index contributed by atoms with van der Waals surface area (Å²) >= 11 is 5.93. The summed E-state index contributed by atoms with van der Waals surface area (Å²) in [5, 5.41) is 2.80. The Morgan fingerprint density at radius 3 is 2.71 bits per heavy atom. The fourth-order valence-corrected chi connectivity index (χ4v) is 6.37. The lowest BCUT2D eigenvalue weighted by Crippen LogP contribution is -2.54. The quantitative estimate of drug-likeness (QED) is 0.693. The van der Waals surface area contributed by atoms with Crippen molar-refractivity contribution >= 4 is 40.7 Å². The largest absolute Gasteiger partial charge is 0.324 e. The molecule has 6 nitrogen and oxygen atoms in total.